The smallest absolute Gasteiger partial charge is 0.268 e. The second kappa shape index (κ2) is 38.7. The average Bonchev–Trinajstić information content (AvgIpc) is 3.13. The van der Waals surface area contributed by atoms with Crippen molar-refractivity contribution in [2.45, 2.75) is 238 Å². The van der Waals surface area contributed by atoms with Gasteiger partial charge in [0.05, 0.1) is 39.9 Å². The molecule has 0 fully saturated rings. The van der Waals surface area contributed by atoms with Crippen LogP contribution in [0.25, 0.3) is 0 Å². The quantitative estimate of drug-likeness (QED) is 0.0275. The number of likely N-dealkylation sites (N-methyl/N-ethyl adjacent to an activating group) is 1. The van der Waals surface area contributed by atoms with Crippen molar-refractivity contribution in [3.05, 3.63) is 12.2 Å². The van der Waals surface area contributed by atoms with E-state index in [1.54, 1.807) is 6.08 Å². The van der Waals surface area contributed by atoms with Crippen molar-refractivity contribution in [3.63, 3.8) is 0 Å². The van der Waals surface area contributed by atoms with E-state index in [1.807, 2.05) is 27.2 Å². The van der Waals surface area contributed by atoms with Crippen LogP contribution >= 0.6 is 7.82 Å². The van der Waals surface area contributed by atoms with Crippen LogP contribution in [0.5, 0.6) is 0 Å². The van der Waals surface area contributed by atoms with Crippen molar-refractivity contribution in [2.75, 3.05) is 40.9 Å². The molecule has 0 aromatic rings. The van der Waals surface area contributed by atoms with E-state index in [2.05, 4.69) is 19.2 Å². The molecule has 0 aliphatic heterocycles. The molecular weight excluding hydrogens is 707 g/mol. The maximum atomic E-state index is 12.9. The predicted octanol–water partition coefficient (Wildman–Crippen LogP) is 12.5. The van der Waals surface area contributed by atoms with Gasteiger partial charge in [-0.1, -0.05) is 212 Å². The fourth-order valence-electron chi connectivity index (χ4n) is 6.98. The van der Waals surface area contributed by atoms with Crippen LogP contribution in [-0.2, 0) is 18.4 Å². The van der Waals surface area contributed by atoms with Gasteiger partial charge in [0.15, 0.2) is 0 Å². The Kier molecular flexibility index (Phi) is 38.2. The third-order valence-corrected chi connectivity index (χ3v) is 11.7. The standard InChI is InChI=1S/C46H93N2O6P/c1-6-8-10-12-14-16-18-20-22-23-24-26-28-30-32-34-36-38-40-46(50)47-44(43-54-55(51,52)53-42-41-48(3,4)5)45(49)39-37-35-33-31-29-27-25-21-19-17-15-13-11-9-7-2/h37,39,44-45,49H,6-36,38,40-43H2,1-5H3,(H-,47,50,51,52)/b39-37+. The first-order chi connectivity index (χ1) is 26.5. The molecule has 0 bridgehead atoms. The third kappa shape index (κ3) is 41.2. The number of allylic oxidation sites excluding steroid dienone is 1. The summed E-state index contributed by atoms with van der Waals surface area (Å²) in [7, 11) is 1.27. The van der Waals surface area contributed by atoms with Crippen molar-refractivity contribution < 1.29 is 32.9 Å². The number of phosphoric ester groups is 1. The van der Waals surface area contributed by atoms with Crippen molar-refractivity contribution in [2.24, 2.45) is 0 Å². The lowest BCUT2D eigenvalue weighted by atomic mass is 10.0. The molecule has 3 unspecified atom stereocenters. The summed E-state index contributed by atoms with van der Waals surface area (Å²) in [6.07, 6.45) is 43.9. The molecule has 3 atom stereocenters. The molecule has 0 aromatic carbocycles. The highest BCUT2D eigenvalue weighted by atomic mass is 31.2. The van der Waals surface area contributed by atoms with Crippen LogP contribution in [0.15, 0.2) is 12.2 Å². The van der Waals surface area contributed by atoms with Gasteiger partial charge in [-0.25, -0.2) is 0 Å². The van der Waals surface area contributed by atoms with E-state index >= 15 is 0 Å². The number of hydrogen-bond acceptors (Lipinski definition) is 6. The van der Waals surface area contributed by atoms with Crippen LogP contribution in [0, 0.1) is 0 Å². The highest BCUT2D eigenvalue weighted by Gasteiger charge is 2.23. The summed E-state index contributed by atoms with van der Waals surface area (Å²) < 4.78 is 23.2. The Balaban J connectivity index is 4.34. The Morgan fingerprint density at radius 3 is 1.36 bits per heavy atom. The van der Waals surface area contributed by atoms with Crippen molar-refractivity contribution >= 4 is 13.7 Å². The van der Waals surface area contributed by atoms with Gasteiger partial charge in [0, 0.05) is 6.42 Å². The number of unbranched alkanes of at least 4 members (excludes halogenated alkanes) is 30. The first-order valence-corrected chi connectivity index (χ1v) is 25.0. The Labute approximate surface area is 342 Å². The lowest BCUT2D eigenvalue weighted by Crippen LogP contribution is -2.45. The normalized spacial score (nSPS) is 14.4. The molecule has 328 valence electrons. The molecule has 0 aliphatic rings. The van der Waals surface area contributed by atoms with Gasteiger partial charge < -0.3 is 28.8 Å². The van der Waals surface area contributed by atoms with E-state index in [-0.39, 0.29) is 19.1 Å². The number of rotatable bonds is 43. The van der Waals surface area contributed by atoms with Gasteiger partial charge in [-0.05, 0) is 19.3 Å². The summed E-state index contributed by atoms with van der Waals surface area (Å²) in [6.45, 7) is 4.67. The Morgan fingerprint density at radius 2 is 0.982 bits per heavy atom. The monoisotopic (exact) mass is 801 g/mol. The SMILES string of the molecule is CCCCCCCCCCCCCCC/C=C/C(O)C(COP(=O)([O-])OCC[N+](C)(C)C)NC(=O)CCCCCCCCCCCCCCCCCCCC. The molecule has 0 aromatic heterocycles. The van der Waals surface area contributed by atoms with Gasteiger partial charge >= 0.3 is 0 Å². The van der Waals surface area contributed by atoms with Crippen LogP contribution < -0.4 is 10.2 Å². The lowest BCUT2D eigenvalue weighted by molar-refractivity contribution is -0.870. The molecule has 0 spiro atoms. The minimum absolute atomic E-state index is 0.00222. The van der Waals surface area contributed by atoms with Crippen LogP contribution in [0.4, 0.5) is 0 Å². The average molecular weight is 801 g/mol. The summed E-state index contributed by atoms with van der Waals surface area (Å²) in [4.78, 5) is 25.3. The highest BCUT2D eigenvalue weighted by Crippen LogP contribution is 2.38. The summed E-state index contributed by atoms with van der Waals surface area (Å²) in [6, 6.07) is -0.879. The first kappa shape index (κ1) is 54.2. The van der Waals surface area contributed by atoms with Gasteiger partial charge in [0.25, 0.3) is 7.82 Å². The van der Waals surface area contributed by atoms with E-state index in [1.165, 1.54) is 167 Å². The van der Waals surface area contributed by atoms with E-state index in [0.717, 1.165) is 38.5 Å². The Morgan fingerprint density at radius 1 is 0.618 bits per heavy atom. The summed E-state index contributed by atoms with van der Waals surface area (Å²) in [5.74, 6) is -0.194. The van der Waals surface area contributed by atoms with Gasteiger partial charge in [0.2, 0.25) is 5.91 Å². The molecule has 0 saturated carbocycles. The van der Waals surface area contributed by atoms with Crippen LogP contribution in [0.2, 0.25) is 0 Å². The number of phosphoric acid groups is 1. The van der Waals surface area contributed by atoms with Crippen LogP contribution in [0.3, 0.4) is 0 Å². The van der Waals surface area contributed by atoms with Gasteiger partial charge in [-0.3, -0.25) is 9.36 Å². The number of amides is 1. The maximum Gasteiger partial charge on any atom is 0.268 e. The number of aliphatic hydroxyl groups excluding tert-OH is 1. The minimum atomic E-state index is -4.58. The molecule has 9 heteroatoms. The van der Waals surface area contributed by atoms with Crippen LogP contribution in [0.1, 0.15) is 226 Å². The summed E-state index contributed by atoms with van der Waals surface area (Å²) >= 11 is 0. The summed E-state index contributed by atoms with van der Waals surface area (Å²) in [5.41, 5.74) is 0. The number of hydrogen-bond donors (Lipinski definition) is 2. The van der Waals surface area contributed by atoms with Gasteiger partial charge in [-0.15, -0.1) is 0 Å². The van der Waals surface area contributed by atoms with Crippen molar-refractivity contribution in [3.8, 4) is 0 Å². The molecule has 0 aliphatic carbocycles. The Hall–Kier alpha value is -0.760. The molecule has 55 heavy (non-hydrogen) atoms. The third-order valence-electron chi connectivity index (χ3n) is 10.7. The zero-order chi connectivity index (χ0) is 40.7. The second-order valence-corrected chi connectivity index (χ2v) is 18.9. The number of nitrogens with zero attached hydrogens (tertiary/aromatic N) is 1. The second-order valence-electron chi connectivity index (χ2n) is 17.5. The zero-order valence-electron chi connectivity index (χ0n) is 37.1. The topological polar surface area (TPSA) is 108 Å². The zero-order valence-corrected chi connectivity index (χ0v) is 38.0. The van der Waals surface area contributed by atoms with Gasteiger partial charge in [0.1, 0.15) is 13.2 Å². The largest absolute Gasteiger partial charge is 0.756 e. The molecule has 1 amide bonds. The molecule has 2 N–H and O–H groups in total. The van der Waals surface area contributed by atoms with Crippen LogP contribution in [-0.4, -0.2) is 68.5 Å². The minimum Gasteiger partial charge on any atom is -0.756 e. The number of carbonyl (C=O) groups excluding carboxylic acids is 1. The van der Waals surface area contributed by atoms with E-state index < -0.39 is 20.0 Å². The number of carbonyl (C=O) groups is 1. The van der Waals surface area contributed by atoms with Gasteiger partial charge in [-0.2, -0.15) is 0 Å². The maximum absolute atomic E-state index is 12.9. The molecule has 0 saturated heterocycles. The molecular formula is C46H93N2O6P. The van der Waals surface area contributed by atoms with E-state index in [4.69, 9.17) is 9.05 Å². The van der Waals surface area contributed by atoms with E-state index in [0.29, 0.717) is 17.4 Å². The first-order valence-electron chi connectivity index (χ1n) is 23.6. The fourth-order valence-corrected chi connectivity index (χ4v) is 7.70. The van der Waals surface area contributed by atoms with Crippen molar-refractivity contribution in [1.82, 2.24) is 5.32 Å². The molecule has 0 rings (SSSR count). The number of nitrogens with one attached hydrogen (secondary N) is 1. The number of quaternary nitrogens is 1. The molecule has 0 heterocycles. The van der Waals surface area contributed by atoms with Crippen molar-refractivity contribution in [1.29, 1.82) is 0 Å². The molecule has 0 radical (unpaired) electrons. The fraction of sp³-hybridized carbons (Fsp3) is 0.935. The Bertz CT molecular complexity index is 911. The van der Waals surface area contributed by atoms with E-state index in [9.17, 15) is 19.4 Å². The summed E-state index contributed by atoms with van der Waals surface area (Å²) in [5, 5.41) is 13.8. The highest BCUT2D eigenvalue weighted by molar-refractivity contribution is 7.45. The lowest BCUT2D eigenvalue weighted by Gasteiger charge is -2.29. The molecule has 8 nitrogen and oxygen atoms in total. The number of aliphatic hydroxyl groups is 1. The predicted molar refractivity (Wildman–Crippen MR) is 233 cm³/mol.